The van der Waals surface area contributed by atoms with Crippen LogP contribution in [0.15, 0.2) is 12.3 Å². The van der Waals surface area contributed by atoms with Crippen molar-refractivity contribution in [1.29, 1.82) is 0 Å². The first kappa shape index (κ1) is 15.2. The number of nitrogens with zero attached hydrogens (tertiary/aromatic N) is 1. The summed E-state index contributed by atoms with van der Waals surface area (Å²) >= 11 is 3.85. The van der Waals surface area contributed by atoms with Gasteiger partial charge in [0.2, 0.25) is 5.12 Å². The van der Waals surface area contributed by atoms with Crippen LogP contribution in [0.4, 0.5) is 0 Å². The molecule has 0 aromatic carbocycles. The zero-order valence-corrected chi connectivity index (χ0v) is 12.4. The monoisotopic (exact) mass is 266 g/mol. The number of pyridine rings is 1. The lowest BCUT2D eigenvalue weighted by molar-refractivity contribution is 0.108. The molecule has 0 amide bonds. The van der Waals surface area contributed by atoms with Gasteiger partial charge in [0, 0.05) is 17.7 Å². The lowest BCUT2D eigenvalue weighted by atomic mass is 9.77. The predicted molar refractivity (Wildman–Crippen MR) is 78.2 cm³/mol. The highest BCUT2D eigenvalue weighted by molar-refractivity contribution is 7.97. The topological polar surface area (TPSA) is 56.0 Å². The fourth-order valence-corrected chi connectivity index (χ4v) is 2.25. The van der Waals surface area contributed by atoms with Gasteiger partial charge in [-0.05, 0) is 24.0 Å². The summed E-state index contributed by atoms with van der Waals surface area (Å²) < 4.78 is 0. The maximum atomic E-state index is 11.4. The van der Waals surface area contributed by atoms with Gasteiger partial charge in [0.05, 0.1) is 0 Å². The Bertz CT molecular complexity index is 443. The SMILES string of the molecule is CCc1cc(C(C)(C)C(N)CC)cnc1C(=O)S. The minimum atomic E-state index is -0.281. The molecule has 0 saturated carbocycles. The summed E-state index contributed by atoms with van der Waals surface area (Å²) in [6.07, 6.45) is 3.42. The van der Waals surface area contributed by atoms with Gasteiger partial charge in [-0.2, -0.15) is 0 Å². The quantitative estimate of drug-likeness (QED) is 0.806. The van der Waals surface area contributed by atoms with Crippen LogP contribution in [0.2, 0.25) is 0 Å². The van der Waals surface area contributed by atoms with Gasteiger partial charge in [-0.3, -0.25) is 9.78 Å². The Kier molecular flexibility index (Phi) is 4.93. The molecule has 4 heteroatoms. The van der Waals surface area contributed by atoms with E-state index in [1.807, 2.05) is 13.0 Å². The van der Waals surface area contributed by atoms with Crippen LogP contribution in [0.25, 0.3) is 0 Å². The number of hydrogen-bond acceptors (Lipinski definition) is 3. The Labute approximate surface area is 115 Å². The summed E-state index contributed by atoms with van der Waals surface area (Å²) in [5, 5.41) is -0.281. The van der Waals surface area contributed by atoms with E-state index in [1.54, 1.807) is 6.20 Å². The molecule has 2 N–H and O–H groups in total. The van der Waals surface area contributed by atoms with Crippen LogP contribution >= 0.6 is 12.6 Å². The van der Waals surface area contributed by atoms with Gasteiger partial charge in [0.15, 0.2) is 0 Å². The van der Waals surface area contributed by atoms with Crippen molar-refractivity contribution in [2.24, 2.45) is 5.73 Å². The second kappa shape index (κ2) is 5.85. The zero-order chi connectivity index (χ0) is 13.9. The number of hydrogen-bond donors (Lipinski definition) is 2. The molecule has 1 aromatic heterocycles. The molecule has 1 heterocycles. The first-order valence-corrected chi connectivity index (χ1v) is 6.77. The number of carbonyl (C=O) groups excluding carboxylic acids is 1. The molecule has 0 fully saturated rings. The predicted octanol–water partition coefficient (Wildman–Crippen LogP) is 2.73. The fraction of sp³-hybridized carbons (Fsp3) is 0.571. The Morgan fingerprint density at radius 1 is 1.50 bits per heavy atom. The van der Waals surface area contributed by atoms with E-state index < -0.39 is 0 Å². The molecule has 0 bridgehead atoms. The Hall–Kier alpha value is -0.870. The maximum Gasteiger partial charge on any atom is 0.234 e. The van der Waals surface area contributed by atoms with Crippen LogP contribution in [0.1, 0.15) is 55.7 Å². The molecule has 0 spiro atoms. The third kappa shape index (κ3) is 2.93. The van der Waals surface area contributed by atoms with E-state index in [0.717, 1.165) is 24.0 Å². The average molecular weight is 266 g/mol. The minimum absolute atomic E-state index is 0.0709. The summed E-state index contributed by atoms with van der Waals surface area (Å²) in [5.74, 6) is 0. The lowest BCUT2D eigenvalue weighted by Gasteiger charge is -2.31. The van der Waals surface area contributed by atoms with Gasteiger partial charge in [-0.15, -0.1) is 0 Å². The minimum Gasteiger partial charge on any atom is -0.327 e. The molecule has 0 saturated heterocycles. The molecular formula is C14H22N2OS. The van der Waals surface area contributed by atoms with Crippen LogP contribution < -0.4 is 5.73 Å². The van der Waals surface area contributed by atoms with Crippen LogP contribution in [-0.2, 0) is 11.8 Å². The average Bonchev–Trinajstić information content (AvgIpc) is 2.36. The second-order valence-corrected chi connectivity index (χ2v) is 5.53. The smallest absolute Gasteiger partial charge is 0.234 e. The van der Waals surface area contributed by atoms with Crippen LogP contribution in [0.5, 0.6) is 0 Å². The number of nitrogens with two attached hydrogens (primary N) is 1. The van der Waals surface area contributed by atoms with Gasteiger partial charge in [-0.25, -0.2) is 0 Å². The molecule has 1 aromatic rings. The molecule has 0 radical (unpaired) electrons. The van der Waals surface area contributed by atoms with E-state index >= 15 is 0 Å². The van der Waals surface area contributed by atoms with E-state index in [4.69, 9.17) is 5.73 Å². The van der Waals surface area contributed by atoms with E-state index in [2.05, 4.69) is 38.4 Å². The molecule has 1 unspecified atom stereocenters. The number of rotatable bonds is 5. The van der Waals surface area contributed by atoms with E-state index in [0.29, 0.717) is 5.69 Å². The van der Waals surface area contributed by atoms with Gasteiger partial charge in [0.25, 0.3) is 0 Å². The van der Waals surface area contributed by atoms with Crippen molar-refractivity contribution in [3.05, 3.63) is 29.1 Å². The van der Waals surface area contributed by atoms with E-state index in [9.17, 15) is 4.79 Å². The second-order valence-electron chi connectivity index (χ2n) is 5.13. The van der Waals surface area contributed by atoms with Crippen molar-refractivity contribution in [3.63, 3.8) is 0 Å². The number of aromatic nitrogens is 1. The normalized spacial score (nSPS) is 13.4. The zero-order valence-electron chi connectivity index (χ0n) is 11.5. The van der Waals surface area contributed by atoms with Crippen molar-refractivity contribution in [3.8, 4) is 0 Å². The summed E-state index contributed by atoms with van der Waals surface area (Å²) in [7, 11) is 0. The third-order valence-corrected chi connectivity index (χ3v) is 3.87. The number of aryl methyl sites for hydroxylation is 1. The number of thiol groups is 1. The molecule has 0 aliphatic heterocycles. The molecule has 1 rings (SSSR count). The van der Waals surface area contributed by atoms with Crippen molar-refractivity contribution in [1.82, 2.24) is 4.98 Å². The maximum absolute atomic E-state index is 11.4. The van der Waals surface area contributed by atoms with Crippen molar-refractivity contribution in [2.75, 3.05) is 0 Å². The first-order valence-electron chi connectivity index (χ1n) is 6.32. The Morgan fingerprint density at radius 2 is 2.11 bits per heavy atom. The van der Waals surface area contributed by atoms with Crippen LogP contribution in [0, 0.1) is 0 Å². The molecule has 3 nitrogen and oxygen atoms in total. The van der Waals surface area contributed by atoms with Crippen molar-refractivity contribution in [2.45, 2.75) is 52.0 Å². The van der Waals surface area contributed by atoms with E-state index in [-0.39, 0.29) is 16.6 Å². The largest absolute Gasteiger partial charge is 0.327 e. The molecule has 18 heavy (non-hydrogen) atoms. The standard InChI is InChI=1S/C14H22N2OS/c1-5-9-7-10(8-16-12(9)13(17)18)14(3,4)11(15)6-2/h7-8,11H,5-6,15H2,1-4H3,(H,17,18). The fourth-order valence-electron chi connectivity index (χ4n) is 2.05. The van der Waals surface area contributed by atoms with Gasteiger partial charge >= 0.3 is 0 Å². The van der Waals surface area contributed by atoms with Gasteiger partial charge in [0.1, 0.15) is 5.69 Å². The van der Waals surface area contributed by atoms with Crippen LogP contribution in [0.3, 0.4) is 0 Å². The third-order valence-electron chi connectivity index (χ3n) is 3.66. The molecule has 100 valence electrons. The number of carbonyl (C=O) groups is 1. The highest BCUT2D eigenvalue weighted by Gasteiger charge is 2.28. The first-order chi connectivity index (χ1) is 8.34. The summed E-state index contributed by atoms with van der Waals surface area (Å²) in [6.45, 7) is 8.31. The van der Waals surface area contributed by atoms with Crippen LogP contribution in [-0.4, -0.2) is 16.1 Å². The molecule has 1 atom stereocenters. The summed E-state index contributed by atoms with van der Waals surface area (Å²) in [5.41, 5.74) is 8.47. The van der Waals surface area contributed by atoms with Gasteiger partial charge in [-0.1, -0.05) is 46.4 Å². The highest BCUT2D eigenvalue weighted by atomic mass is 32.1. The highest BCUT2D eigenvalue weighted by Crippen LogP contribution is 2.28. The van der Waals surface area contributed by atoms with Crippen molar-refractivity contribution < 1.29 is 4.79 Å². The molecular weight excluding hydrogens is 244 g/mol. The Morgan fingerprint density at radius 3 is 2.56 bits per heavy atom. The molecule has 0 aliphatic carbocycles. The van der Waals surface area contributed by atoms with E-state index in [1.165, 1.54) is 0 Å². The van der Waals surface area contributed by atoms with Crippen molar-refractivity contribution >= 4 is 17.7 Å². The molecule has 0 aliphatic rings. The van der Waals surface area contributed by atoms with Gasteiger partial charge < -0.3 is 5.73 Å². The Balaban J connectivity index is 3.24. The summed E-state index contributed by atoms with van der Waals surface area (Å²) in [4.78, 5) is 15.6. The summed E-state index contributed by atoms with van der Waals surface area (Å²) in [6, 6.07) is 2.10. The lowest BCUT2D eigenvalue weighted by Crippen LogP contribution is -2.40.